The molecular weight excluding hydrogens is 476 g/mol. The van der Waals surface area contributed by atoms with Gasteiger partial charge in [-0.1, -0.05) is 43.7 Å². The number of aryl methyl sites for hydroxylation is 1. The van der Waals surface area contributed by atoms with Crippen LogP contribution in [0, 0.1) is 5.92 Å². The Hall–Kier alpha value is -2.49. The Balaban J connectivity index is 1.70. The maximum atomic E-state index is 13.5. The summed E-state index contributed by atoms with van der Waals surface area (Å²) in [6.45, 7) is 3.03. The highest BCUT2D eigenvalue weighted by molar-refractivity contribution is 5.86. The van der Waals surface area contributed by atoms with Crippen LogP contribution in [0.15, 0.2) is 30.3 Å². The summed E-state index contributed by atoms with van der Waals surface area (Å²) >= 11 is 0. The molecule has 2 saturated heterocycles. The number of amides is 1. The van der Waals surface area contributed by atoms with Gasteiger partial charge in [0.05, 0.1) is 5.92 Å². The zero-order valence-corrected chi connectivity index (χ0v) is 22.2. The van der Waals surface area contributed by atoms with Crippen LogP contribution in [-0.4, -0.2) is 78.1 Å². The zero-order chi connectivity index (χ0) is 26.6. The number of rotatable bonds is 13. The van der Waals surface area contributed by atoms with E-state index in [1.807, 2.05) is 42.3 Å². The highest BCUT2D eigenvalue weighted by Gasteiger charge is 2.42. The second-order valence-corrected chi connectivity index (χ2v) is 10.0. The van der Waals surface area contributed by atoms with Crippen LogP contribution >= 0.6 is 0 Å². The van der Waals surface area contributed by atoms with E-state index in [-0.39, 0.29) is 30.6 Å². The number of esters is 1. The highest BCUT2D eigenvalue weighted by Crippen LogP contribution is 2.29. The van der Waals surface area contributed by atoms with Crippen molar-refractivity contribution in [2.75, 3.05) is 27.0 Å². The van der Waals surface area contributed by atoms with Crippen LogP contribution in [0.1, 0.15) is 70.3 Å². The largest absolute Gasteiger partial charge is 0.480 e. The van der Waals surface area contributed by atoms with Crippen molar-refractivity contribution in [3.05, 3.63) is 35.9 Å². The molecule has 3 rings (SSSR count). The second kappa shape index (κ2) is 15.1. The van der Waals surface area contributed by atoms with Crippen molar-refractivity contribution >= 4 is 17.8 Å². The predicted molar refractivity (Wildman–Crippen MR) is 137 cm³/mol. The zero-order valence-electron chi connectivity index (χ0n) is 22.2. The van der Waals surface area contributed by atoms with Gasteiger partial charge in [0.15, 0.2) is 12.9 Å². The lowest BCUT2D eigenvalue weighted by molar-refractivity contribution is -0.240. The number of carbonyl (C=O) groups is 3. The van der Waals surface area contributed by atoms with Crippen LogP contribution in [0.25, 0.3) is 0 Å². The van der Waals surface area contributed by atoms with Crippen molar-refractivity contribution in [2.24, 2.45) is 5.92 Å². The van der Waals surface area contributed by atoms with Gasteiger partial charge in [-0.25, -0.2) is 4.79 Å². The molecule has 2 fully saturated rings. The first-order chi connectivity index (χ1) is 17.9. The van der Waals surface area contributed by atoms with Crippen LogP contribution in [0.2, 0.25) is 0 Å². The number of benzene rings is 1. The first-order valence-corrected chi connectivity index (χ1v) is 13.6. The number of nitrogens with zero attached hydrogens (tertiary/aromatic N) is 2. The van der Waals surface area contributed by atoms with E-state index >= 15 is 0 Å². The van der Waals surface area contributed by atoms with Gasteiger partial charge >= 0.3 is 11.9 Å². The van der Waals surface area contributed by atoms with E-state index in [2.05, 4.69) is 0 Å². The molecule has 2 aliphatic rings. The smallest absolute Gasteiger partial charge is 0.326 e. The standard InChI is InChI=1S/C28H42N2O7/c1-3-17-30-23-13-7-8-18-29(24(19-23)27(32)33)26(31)25(37-30)14-9-12-22(28(34)36-20-35-2)16-15-21-10-5-4-6-11-21/h4-6,10-11,22-25H,3,7-9,12-20H2,1-2H3,(H,32,33). The molecule has 1 aromatic carbocycles. The van der Waals surface area contributed by atoms with Gasteiger partial charge in [-0.15, -0.1) is 0 Å². The van der Waals surface area contributed by atoms with Gasteiger partial charge < -0.3 is 19.5 Å². The molecule has 1 N–H and O–H groups in total. The third-order valence-electron chi connectivity index (χ3n) is 7.31. The Morgan fingerprint density at radius 3 is 2.68 bits per heavy atom. The third-order valence-corrected chi connectivity index (χ3v) is 7.31. The number of hydrogen-bond acceptors (Lipinski definition) is 7. The minimum absolute atomic E-state index is 0.0397. The monoisotopic (exact) mass is 518 g/mol. The molecule has 0 spiro atoms. The summed E-state index contributed by atoms with van der Waals surface area (Å²) < 4.78 is 10.2. The molecule has 37 heavy (non-hydrogen) atoms. The summed E-state index contributed by atoms with van der Waals surface area (Å²) in [7, 11) is 1.48. The van der Waals surface area contributed by atoms with Crippen LogP contribution in [-0.2, 0) is 35.1 Å². The minimum Gasteiger partial charge on any atom is -0.480 e. The Kier molecular flexibility index (Phi) is 11.8. The lowest BCUT2D eigenvalue weighted by Gasteiger charge is -2.43. The number of carboxylic acid groups (broad SMARTS) is 1. The molecule has 0 aliphatic carbocycles. The molecule has 0 saturated carbocycles. The van der Waals surface area contributed by atoms with Crippen molar-refractivity contribution in [1.82, 2.24) is 9.96 Å². The quantitative estimate of drug-likeness (QED) is 0.311. The number of aliphatic carboxylic acids is 1. The van der Waals surface area contributed by atoms with Crippen molar-refractivity contribution < 1.29 is 33.8 Å². The van der Waals surface area contributed by atoms with E-state index in [9.17, 15) is 19.5 Å². The summed E-state index contributed by atoms with van der Waals surface area (Å²) in [5.74, 6) is -1.87. The van der Waals surface area contributed by atoms with Crippen LogP contribution in [0.3, 0.4) is 0 Å². The molecule has 2 aliphatic heterocycles. The van der Waals surface area contributed by atoms with Crippen molar-refractivity contribution in [1.29, 1.82) is 0 Å². The van der Waals surface area contributed by atoms with E-state index in [0.29, 0.717) is 45.2 Å². The van der Waals surface area contributed by atoms with Gasteiger partial charge in [-0.3, -0.25) is 14.4 Å². The predicted octanol–water partition coefficient (Wildman–Crippen LogP) is 3.80. The van der Waals surface area contributed by atoms with Gasteiger partial charge in [0.2, 0.25) is 0 Å². The molecule has 9 nitrogen and oxygen atoms in total. The third kappa shape index (κ3) is 8.51. The normalized spacial score (nSPS) is 23.6. The Labute approximate surface area is 220 Å². The maximum Gasteiger partial charge on any atom is 0.326 e. The minimum atomic E-state index is -0.959. The van der Waals surface area contributed by atoms with Crippen molar-refractivity contribution in [3.63, 3.8) is 0 Å². The summed E-state index contributed by atoms with van der Waals surface area (Å²) in [6, 6.07) is 9.11. The molecule has 2 heterocycles. The lowest BCUT2D eigenvalue weighted by Crippen LogP contribution is -2.58. The van der Waals surface area contributed by atoms with Crippen molar-refractivity contribution in [2.45, 2.75) is 89.3 Å². The van der Waals surface area contributed by atoms with E-state index < -0.39 is 18.1 Å². The van der Waals surface area contributed by atoms with Crippen LogP contribution in [0.5, 0.6) is 0 Å². The van der Waals surface area contributed by atoms with Gasteiger partial charge in [-0.05, 0) is 63.4 Å². The van der Waals surface area contributed by atoms with Gasteiger partial charge in [0.1, 0.15) is 6.04 Å². The number of hydrogen-bond donors (Lipinski definition) is 1. The molecule has 2 bridgehead atoms. The van der Waals surface area contributed by atoms with E-state index in [4.69, 9.17) is 14.3 Å². The van der Waals surface area contributed by atoms with E-state index in [0.717, 1.165) is 37.7 Å². The number of methoxy groups -OCH3 is 1. The average Bonchev–Trinajstić information content (AvgIpc) is 2.87. The number of hydroxylamine groups is 2. The molecule has 1 amide bonds. The number of carboxylic acids is 1. The van der Waals surface area contributed by atoms with E-state index in [1.54, 1.807) is 0 Å². The first kappa shape index (κ1) is 29.1. The SMILES string of the molecule is CCCN1OC(CCCC(CCc2ccccc2)C(=O)OCOC)C(=O)N2CCCCC1CC2C(=O)O. The lowest BCUT2D eigenvalue weighted by atomic mass is 9.92. The van der Waals surface area contributed by atoms with E-state index in [1.165, 1.54) is 12.0 Å². The molecule has 4 atom stereocenters. The Bertz CT molecular complexity index is 865. The topological polar surface area (TPSA) is 106 Å². The summed E-state index contributed by atoms with van der Waals surface area (Å²) in [5.41, 5.74) is 1.15. The molecule has 0 aromatic heterocycles. The fraction of sp³-hybridized carbons (Fsp3) is 0.679. The summed E-state index contributed by atoms with van der Waals surface area (Å²) in [4.78, 5) is 46.2. The molecular formula is C28H42N2O7. The van der Waals surface area contributed by atoms with Gasteiger partial charge in [0.25, 0.3) is 5.91 Å². The second-order valence-electron chi connectivity index (χ2n) is 10.0. The van der Waals surface area contributed by atoms with Gasteiger partial charge in [-0.2, -0.15) is 5.06 Å². The fourth-order valence-corrected chi connectivity index (χ4v) is 5.34. The number of ether oxygens (including phenoxy) is 2. The summed E-state index contributed by atoms with van der Waals surface area (Å²) in [6.07, 6.45) is 5.92. The molecule has 206 valence electrons. The van der Waals surface area contributed by atoms with Crippen LogP contribution in [0.4, 0.5) is 0 Å². The molecule has 9 heteroatoms. The number of carbonyl (C=O) groups excluding carboxylic acids is 2. The Morgan fingerprint density at radius 1 is 1.19 bits per heavy atom. The van der Waals surface area contributed by atoms with Crippen LogP contribution < -0.4 is 0 Å². The number of fused-ring (bicyclic) bond motifs is 3. The molecule has 0 radical (unpaired) electrons. The van der Waals surface area contributed by atoms with Crippen molar-refractivity contribution in [3.8, 4) is 0 Å². The molecule has 4 unspecified atom stereocenters. The van der Waals surface area contributed by atoms with Gasteiger partial charge in [0, 0.05) is 26.2 Å². The first-order valence-electron chi connectivity index (χ1n) is 13.6. The highest BCUT2D eigenvalue weighted by atomic mass is 16.7. The Morgan fingerprint density at radius 2 is 1.97 bits per heavy atom. The average molecular weight is 519 g/mol. The molecule has 1 aromatic rings. The maximum absolute atomic E-state index is 13.5. The fourth-order valence-electron chi connectivity index (χ4n) is 5.34. The summed E-state index contributed by atoms with van der Waals surface area (Å²) in [5, 5.41) is 11.8.